The number of rotatable bonds is 5. The molecule has 2 N–H and O–H groups in total. The van der Waals surface area contributed by atoms with Crippen LogP contribution in [0.5, 0.6) is 5.75 Å². The molecule has 3 rings (SSSR count). The molecular formula is C20H27N3O2. The van der Waals surface area contributed by atoms with Crippen molar-refractivity contribution in [3.05, 3.63) is 54.0 Å². The maximum absolute atomic E-state index is 6.11. The zero-order valence-corrected chi connectivity index (χ0v) is 15.2. The third-order valence-electron chi connectivity index (χ3n) is 4.24. The summed E-state index contributed by atoms with van der Waals surface area (Å²) in [6.45, 7) is 7.82. The highest BCUT2D eigenvalue weighted by molar-refractivity contribution is 5.80. The van der Waals surface area contributed by atoms with E-state index in [2.05, 4.69) is 43.5 Å². The first kappa shape index (κ1) is 17.4. The number of guanidine groups is 1. The number of furan rings is 1. The van der Waals surface area contributed by atoms with E-state index in [1.807, 2.05) is 24.3 Å². The Balaban J connectivity index is 1.72. The van der Waals surface area contributed by atoms with Gasteiger partial charge in [-0.15, -0.1) is 0 Å². The molecule has 25 heavy (non-hydrogen) atoms. The molecule has 1 aromatic heterocycles. The number of fused-ring (bicyclic) bond motifs is 1. The highest BCUT2D eigenvalue weighted by Crippen LogP contribution is 2.39. The monoisotopic (exact) mass is 341 g/mol. The number of ether oxygens (including phenoxy) is 1. The topological polar surface area (TPSA) is 58.8 Å². The second-order valence-electron chi connectivity index (χ2n) is 6.89. The van der Waals surface area contributed by atoms with Crippen LogP contribution in [0.1, 0.15) is 44.6 Å². The van der Waals surface area contributed by atoms with Crippen LogP contribution in [-0.4, -0.2) is 24.7 Å². The lowest BCUT2D eigenvalue weighted by Crippen LogP contribution is -2.45. The van der Waals surface area contributed by atoms with Gasteiger partial charge in [-0.25, -0.2) is 0 Å². The van der Waals surface area contributed by atoms with Gasteiger partial charge in [0.05, 0.1) is 12.3 Å². The summed E-state index contributed by atoms with van der Waals surface area (Å²) in [5, 5.41) is 6.91. The summed E-state index contributed by atoms with van der Waals surface area (Å²) in [6, 6.07) is 12.3. The Morgan fingerprint density at radius 3 is 2.84 bits per heavy atom. The Hall–Kier alpha value is -2.43. The van der Waals surface area contributed by atoms with Crippen molar-refractivity contribution in [2.24, 2.45) is 4.99 Å². The van der Waals surface area contributed by atoms with Crippen molar-refractivity contribution in [3.63, 3.8) is 0 Å². The number of para-hydroxylation sites is 1. The molecule has 0 saturated carbocycles. The fraction of sp³-hybridized carbons (Fsp3) is 0.450. The predicted molar refractivity (Wildman–Crippen MR) is 100 cm³/mol. The molecule has 2 heterocycles. The largest absolute Gasteiger partial charge is 0.487 e. The van der Waals surface area contributed by atoms with Gasteiger partial charge in [0, 0.05) is 31.5 Å². The van der Waals surface area contributed by atoms with Crippen LogP contribution in [0.2, 0.25) is 0 Å². The minimum absolute atomic E-state index is 0.168. The minimum Gasteiger partial charge on any atom is -0.487 e. The molecule has 1 aliphatic rings. The number of aliphatic imine (C=N–C) groups is 1. The zero-order chi connectivity index (χ0) is 17.7. The Kier molecular flexibility index (Phi) is 5.31. The summed E-state index contributed by atoms with van der Waals surface area (Å²) < 4.78 is 11.5. The molecule has 1 aliphatic heterocycles. The van der Waals surface area contributed by atoms with Crippen LogP contribution in [0.15, 0.2) is 52.1 Å². The average molecular weight is 341 g/mol. The third kappa shape index (κ3) is 4.56. The average Bonchev–Trinajstić information content (AvgIpc) is 3.07. The van der Waals surface area contributed by atoms with Gasteiger partial charge < -0.3 is 19.8 Å². The van der Waals surface area contributed by atoms with Gasteiger partial charge in [-0.1, -0.05) is 18.2 Å². The zero-order valence-electron chi connectivity index (χ0n) is 15.2. The van der Waals surface area contributed by atoms with Gasteiger partial charge in [0.15, 0.2) is 5.96 Å². The van der Waals surface area contributed by atoms with Gasteiger partial charge in [0.25, 0.3) is 0 Å². The number of hydrogen-bond donors (Lipinski definition) is 2. The minimum atomic E-state index is -0.211. The number of nitrogens with one attached hydrogen (secondary N) is 2. The van der Waals surface area contributed by atoms with E-state index in [0.29, 0.717) is 6.54 Å². The van der Waals surface area contributed by atoms with Crippen LogP contribution in [-0.2, 0) is 6.42 Å². The van der Waals surface area contributed by atoms with Gasteiger partial charge in [-0.3, -0.25) is 4.99 Å². The molecular weight excluding hydrogens is 314 g/mol. The SMILES string of the molecule is CCNC(=NCCc1ccco1)NC1CC(C)(C)Oc2ccccc21. The van der Waals surface area contributed by atoms with Crippen LogP contribution in [0.25, 0.3) is 0 Å². The number of hydrogen-bond acceptors (Lipinski definition) is 3. The highest BCUT2D eigenvalue weighted by Gasteiger charge is 2.33. The van der Waals surface area contributed by atoms with Crippen LogP contribution in [0, 0.1) is 0 Å². The molecule has 1 atom stereocenters. The molecule has 0 spiro atoms. The first-order valence-corrected chi connectivity index (χ1v) is 8.92. The molecule has 0 bridgehead atoms. The van der Waals surface area contributed by atoms with Crippen molar-refractivity contribution in [1.82, 2.24) is 10.6 Å². The van der Waals surface area contributed by atoms with E-state index in [0.717, 1.165) is 36.9 Å². The first-order chi connectivity index (χ1) is 12.1. The summed E-state index contributed by atoms with van der Waals surface area (Å²) >= 11 is 0. The van der Waals surface area contributed by atoms with E-state index in [4.69, 9.17) is 14.1 Å². The third-order valence-corrected chi connectivity index (χ3v) is 4.24. The Bertz CT molecular complexity index is 707. The molecule has 0 fully saturated rings. The van der Waals surface area contributed by atoms with Crippen molar-refractivity contribution in [2.75, 3.05) is 13.1 Å². The summed E-state index contributed by atoms with van der Waals surface area (Å²) in [7, 11) is 0. The first-order valence-electron chi connectivity index (χ1n) is 8.92. The van der Waals surface area contributed by atoms with Gasteiger partial charge >= 0.3 is 0 Å². The van der Waals surface area contributed by atoms with Gasteiger partial charge in [-0.2, -0.15) is 0 Å². The quantitative estimate of drug-likeness (QED) is 0.643. The molecule has 1 unspecified atom stereocenters. The van der Waals surface area contributed by atoms with E-state index in [1.54, 1.807) is 6.26 Å². The van der Waals surface area contributed by atoms with Crippen LogP contribution >= 0.6 is 0 Å². The molecule has 0 saturated heterocycles. The van der Waals surface area contributed by atoms with Crippen LogP contribution in [0.3, 0.4) is 0 Å². The fourth-order valence-electron chi connectivity index (χ4n) is 3.15. The fourth-order valence-corrected chi connectivity index (χ4v) is 3.15. The maximum Gasteiger partial charge on any atom is 0.191 e. The van der Waals surface area contributed by atoms with E-state index >= 15 is 0 Å². The summed E-state index contributed by atoms with van der Waals surface area (Å²) in [5.41, 5.74) is 0.968. The van der Waals surface area contributed by atoms with E-state index < -0.39 is 0 Å². The van der Waals surface area contributed by atoms with Gasteiger partial charge in [0.1, 0.15) is 17.1 Å². The van der Waals surface area contributed by atoms with Crippen molar-refractivity contribution in [1.29, 1.82) is 0 Å². The molecule has 0 amide bonds. The maximum atomic E-state index is 6.11. The van der Waals surface area contributed by atoms with Crippen molar-refractivity contribution in [2.45, 2.75) is 45.3 Å². The summed E-state index contributed by atoms with van der Waals surface area (Å²) in [5.74, 6) is 2.73. The number of benzene rings is 1. The molecule has 0 radical (unpaired) electrons. The van der Waals surface area contributed by atoms with Gasteiger partial charge in [-0.05, 0) is 39.0 Å². The summed E-state index contributed by atoms with van der Waals surface area (Å²) in [6.07, 6.45) is 3.37. The second-order valence-corrected chi connectivity index (χ2v) is 6.89. The lowest BCUT2D eigenvalue weighted by atomic mass is 9.90. The van der Waals surface area contributed by atoms with E-state index in [1.165, 1.54) is 5.56 Å². The normalized spacial score (nSPS) is 19.0. The molecule has 0 aliphatic carbocycles. The molecule has 5 nitrogen and oxygen atoms in total. The van der Waals surface area contributed by atoms with Crippen LogP contribution in [0.4, 0.5) is 0 Å². The Morgan fingerprint density at radius 1 is 1.24 bits per heavy atom. The van der Waals surface area contributed by atoms with Gasteiger partial charge in [0.2, 0.25) is 0 Å². The Labute approximate surface area is 149 Å². The smallest absolute Gasteiger partial charge is 0.191 e. The second kappa shape index (κ2) is 7.64. The van der Waals surface area contributed by atoms with Crippen molar-refractivity contribution in [3.8, 4) is 5.75 Å². The van der Waals surface area contributed by atoms with Crippen molar-refractivity contribution < 1.29 is 9.15 Å². The van der Waals surface area contributed by atoms with E-state index in [-0.39, 0.29) is 11.6 Å². The Morgan fingerprint density at radius 2 is 2.08 bits per heavy atom. The lowest BCUT2D eigenvalue weighted by Gasteiger charge is -2.38. The molecule has 5 heteroatoms. The highest BCUT2D eigenvalue weighted by atomic mass is 16.5. The predicted octanol–water partition coefficient (Wildman–Crippen LogP) is 3.68. The van der Waals surface area contributed by atoms with Crippen LogP contribution < -0.4 is 15.4 Å². The standard InChI is InChI=1S/C20H27N3O2/c1-4-21-19(22-12-11-15-8-7-13-24-15)23-17-14-20(2,3)25-18-10-6-5-9-16(17)18/h5-10,13,17H,4,11-12,14H2,1-3H3,(H2,21,22,23). The number of nitrogens with zero attached hydrogens (tertiary/aromatic N) is 1. The molecule has 134 valence electrons. The van der Waals surface area contributed by atoms with Crippen molar-refractivity contribution >= 4 is 5.96 Å². The lowest BCUT2D eigenvalue weighted by molar-refractivity contribution is 0.0694. The molecule has 2 aromatic rings. The molecule has 1 aromatic carbocycles. The van der Waals surface area contributed by atoms with E-state index in [9.17, 15) is 0 Å². The summed E-state index contributed by atoms with van der Waals surface area (Å²) in [4.78, 5) is 4.70.